The molecule has 6 heteroatoms. The van der Waals surface area contributed by atoms with Gasteiger partial charge in [-0.2, -0.15) is 0 Å². The summed E-state index contributed by atoms with van der Waals surface area (Å²) in [7, 11) is -3.65. The highest BCUT2D eigenvalue weighted by Crippen LogP contribution is 2.20. The van der Waals surface area contributed by atoms with Gasteiger partial charge in [-0.15, -0.1) is 0 Å². The van der Waals surface area contributed by atoms with Crippen molar-refractivity contribution in [1.82, 2.24) is 4.31 Å². The first-order valence-corrected chi connectivity index (χ1v) is 6.57. The number of sulfonamides is 1. The van der Waals surface area contributed by atoms with Gasteiger partial charge in [0, 0.05) is 13.1 Å². The second-order valence-corrected chi connectivity index (χ2v) is 6.36. The summed E-state index contributed by atoms with van der Waals surface area (Å²) in [6, 6.07) is 0. The number of piperidine rings is 1. The van der Waals surface area contributed by atoms with Crippen molar-refractivity contribution in [2.24, 2.45) is 5.92 Å². The highest BCUT2D eigenvalue weighted by atomic mass is 32.2. The fourth-order valence-electron chi connectivity index (χ4n) is 1.59. The van der Waals surface area contributed by atoms with Crippen molar-refractivity contribution in [1.29, 1.82) is 0 Å². The maximum absolute atomic E-state index is 11.8. The molecule has 0 aromatic heterocycles. The molecule has 1 heterocycles. The van der Waals surface area contributed by atoms with Crippen molar-refractivity contribution >= 4 is 16.0 Å². The zero-order chi connectivity index (χ0) is 11.6. The van der Waals surface area contributed by atoms with Crippen molar-refractivity contribution < 1.29 is 18.3 Å². The van der Waals surface area contributed by atoms with Crippen molar-refractivity contribution in [3.05, 3.63) is 0 Å². The van der Waals surface area contributed by atoms with Gasteiger partial charge in [0.1, 0.15) is 0 Å². The molecule has 1 aliphatic heterocycles. The van der Waals surface area contributed by atoms with Gasteiger partial charge >= 0.3 is 5.97 Å². The van der Waals surface area contributed by atoms with E-state index in [0.717, 1.165) is 12.8 Å². The molecule has 0 bridgehead atoms. The SMILES string of the molecule is CC1CCN(S(=O)(=O)C(C)C(=O)O)CC1. The fourth-order valence-corrected chi connectivity index (χ4v) is 3.01. The van der Waals surface area contributed by atoms with Crippen LogP contribution >= 0.6 is 0 Å². The summed E-state index contributed by atoms with van der Waals surface area (Å²) in [5.41, 5.74) is 0. The third kappa shape index (κ3) is 2.69. The molecular weight excluding hydrogens is 218 g/mol. The van der Waals surface area contributed by atoms with Crippen LogP contribution in [0.2, 0.25) is 0 Å². The topological polar surface area (TPSA) is 74.7 Å². The van der Waals surface area contributed by atoms with Crippen molar-refractivity contribution in [3.63, 3.8) is 0 Å². The number of aliphatic carboxylic acids is 1. The number of hydrogen-bond acceptors (Lipinski definition) is 3. The minimum atomic E-state index is -3.65. The van der Waals surface area contributed by atoms with Crippen LogP contribution in [0, 0.1) is 5.92 Å². The Morgan fingerprint density at radius 2 is 1.87 bits per heavy atom. The highest BCUT2D eigenvalue weighted by molar-refractivity contribution is 7.90. The van der Waals surface area contributed by atoms with Gasteiger partial charge in [-0.1, -0.05) is 6.92 Å². The van der Waals surface area contributed by atoms with Gasteiger partial charge in [-0.25, -0.2) is 12.7 Å². The molecule has 0 amide bonds. The van der Waals surface area contributed by atoms with Crippen LogP contribution in [-0.4, -0.2) is 42.1 Å². The van der Waals surface area contributed by atoms with Crippen molar-refractivity contribution in [2.45, 2.75) is 31.9 Å². The van der Waals surface area contributed by atoms with E-state index in [9.17, 15) is 13.2 Å². The summed E-state index contributed by atoms with van der Waals surface area (Å²) in [6.07, 6.45) is 1.62. The summed E-state index contributed by atoms with van der Waals surface area (Å²) >= 11 is 0. The number of rotatable bonds is 3. The first-order chi connectivity index (χ1) is 6.85. The lowest BCUT2D eigenvalue weighted by Gasteiger charge is -2.30. The summed E-state index contributed by atoms with van der Waals surface area (Å²) in [6.45, 7) is 4.18. The highest BCUT2D eigenvalue weighted by Gasteiger charge is 2.35. The molecule has 0 saturated carbocycles. The van der Waals surface area contributed by atoms with E-state index in [1.165, 1.54) is 11.2 Å². The van der Waals surface area contributed by atoms with Gasteiger partial charge < -0.3 is 5.11 Å². The fraction of sp³-hybridized carbons (Fsp3) is 0.889. The monoisotopic (exact) mass is 235 g/mol. The van der Waals surface area contributed by atoms with Crippen molar-refractivity contribution in [3.8, 4) is 0 Å². The van der Waals surface area contributed by atoms with Gasteiger partial charge in [0.15, 0.2) is 5.25 Å². The molecule has 15 heavy (non-hydrogen) atoms. The number of hydrogen-bond donors (Lipinski definition) is 1. The molecule has 0 aromatic carbocycles. The standard InChI is InChI=1S/C9H17NO4S/c1-7-3-5-10(6-4-7)15(13,14)8(2)9(11)12/h7-8H,3-6H2,1-2H3,(H,11,12). The molecule has 0 aliphatic carbocycles. The third-order valence-corrected chi connectivity index (χ3v) is 5.08. The van der Waals surface area contributed by atoms with Gasteiger partial charge in [0.25, 0.3) is 0 Å². The number of nitrogens with zero attached hydrogens (tertiary/aromatic N) is 1. The van der Waals surface area contributed by atoms with Crippen LogP contribution in [-0.2, 0) is 14.8 Å². The lowest BCUT2D eigenvalue weighted by Crippen LogP contribution is -2.44. The summed E-state index contributed by atoms with van der Waals surface area (Å²) < 4.78 is 24.9. The second-order valence-electron chi connectivity index (χ2n) is 4.11. The van der Waals surface area contributed by atoms with E-state index in [4.69, 9.17) is 5.11 Å². The van der Waals surface area contributed by atoms with Gasteiger partial charge in [-0.3, -0.25) is 4.79 Å². The van der Waals surface area contributed by atoms with Crippen LogP contribution in [0.4, 0.5) is 0 Å². The maximum Gasteiger partial charge on any atom is 0.323 e. The summed E-state index contributed by atoms with van der Waals surface area (Å²) in [4.78, 5) is 10.6. The molecule has 88 valence electrons. The Bertz CT molecular complexity index is 330. The lowest BCUT2D eigenvalue weighted by molar-refractivity contribution is -0.136. The third-order valence-electron chi connectivity index (χ3n) is 2.90. The largest absolute Gasteiger partial charge is 0.480 e. The molecule has 0 aromatic rings. The summed E-state index contributed by atoms with van der Waals surface area (Å²) in [5, 5.41) is 7.35. The zero-order valence-corrected chi connectivity index (χ0v) is 9.83. The van der Waals surface area contributed by atoms with Crippen LogP contribution in [0.25, 0.3) is 0 Å². The van der Waals surface area contributed by atoms with Crippen LogP contribution in [0.1, 0.15) is 26.7 Å². The van der Waals surface area contributed by atoms with E-state index in [-0.39, 0.29) is 0 Å². The van der Waals surface area contributed by atoms with Crippen LogP contribution in [0.5, 0.6) is 0 Å². The van der Waals surface area contributed by atoms with Gasteiger partial charge in [0.2, 0.25) is 10.0 Å². The normalized spacial score (nSPS) is 22.5. The Morgan fingerprint density at radius 1 is 1.40 bits per heavy atom. The van der Waals surface area contributed by atoms with E-state index >= 15 is 0 Å². The van der Waals surface area contributed by atoms with E-state index in [1.807, 2.05) is 0 Å². The predicted octanol–water partition coefficient (Wildman–Crippen LogP) is 0.521. The second kappa shape index (κ2) is 4.49. The number of carboxylic acid groups (broad SMARTS) is 1. The lowest BCUT2D eigenvalue weighted by atomic mass is 10.0. The van der Waals surface area contributed by atoms with Crippen LogP contribution in [0.15, 0.2) is 0 Å². The smallest absolute Gasteiger partial charge is 0.323 e. The predicted molar refractivity (Wildman–Crippen MR) is 56.0 cm³/mol. The first-order valence-electron chi connectivity index (χ1n) is 5.07. The van der Waals surface area contributed by atoms with Crippen molar-refractivity contribution in [2.75, 3.05) is 13.1 Å². The summed E-state index contributed by atoms with van der Waals surface area (Å²) in [5.74, 6) is -0.759. The van der Waals surface area contributed by atoms with E-state index < -0.39 is 21.2 Å². The Morgan fingerprint density at radius 3 is 2.27 bits per heavy atom. The minimum Gasteiger partial charge on any atom is -0.480 e. The Hall–Kier alpha value is -0.620. The minimum absolute atomic E-state index is 0.446. The number of carboxylic acids is 1. The molecule has 1 unspecified atom stereocenters. The average Bonchev–Trinajstić information content (AvgIpc) is 2.17. The van der Waals surface area contributed by atoms with Gasteiger partial charge in [0.05, 0.1) is 0 Å². The molecule has 5 nitrogen and oxygen atoms in total. The molecular formula is C9H17NO4S. The van der Waals surface area contributed by atoms with Crippen LogP contribution < -0.4 is 0 Å². The van der Waals surface area contributed by atoms with Gasteiger partial charge in [-0.05, 0) is 25.7 Å². The molecule has 1 aliphatic rings. The Balaban J connectivity index is 2.74. The zero-order valence-electron chi connectivity index (χ0n) is 9.01. The molecule has 1 rings (SSSR count). The van der Waals surface area contributed by atoms with E-state index in [2.05, 4.69) is 6.92 Å². The molecule has 0 radical (unpaired) electrons. The first kappa shape index (κ1) is 12.4. The molecule has 1 saturated heterocycles. The Kier molecular flexibility index (Phi) is 3.72. The van der Waals surface area contributed by atoms with E-state index in [1.54, 1.807) is 0 Å². The molecule has 0 spiro atoms. The van der Waals surface area contributed by atoms with E-state index in [0.29, 0.717) is 19.0 Å². The Labute approximate surface area is 90.1 Å². The average molecular weight is 235 g/mol. The molecule has 1 fully saturated rings. The number of carbonyl (C=O) groups is 1. The quantitative estimate of drug-likeness (QED) is 0.774. The molecule has 1 N–H and O–H groups in total. The maximum atomic E-state index is 11.8. The molecule has 1 atom stereocenters. The van der Waals surface area contributed by atoms with Crippen LogP contribution in [0.3, 0.4) is 0 Å².